The predicted octanol–water partition coefficient (Wildman–Crippen LogP) is 4.53. The zero-order valence-corrected chi connectivity index (χ0v) is 18.8. The first-order chi connectivity index (χ1) is 15.5. The Balaban J connectivity index is 1.49. The van der Waals surface area contributed by atoms with Gasteiger partial charge in [-0.15, -0.1) is 5.10 Å². The number of hydrogen-bond acceptors (Lipinski definition) is 5. The first-order valence-electron chi connectivity index (χ1n) is 10.9. The minimum absolute atomic E-state index is 0.155. The Morgan fingerprint density at radius 2 is 1.75 bits per heavy atom. The number of nitrogens with two attached hydrogens (primary N) is 1. The fraction of sp³-hybridized carbons (Fsp3) is 0.333. The van der Waals surface area contributed by atoms with Crippen LogP contribution < -0.4 is 11.1 Å². The summed E-state index contributed by atoms with van der Waals surface area (Å²) < 4.78 is 1.94. The molecule has 1 unspecified atom stereocenters. The summed E-state index contributed by atoms with van der Waals surface area (Å²) in [6.07, 6.45) is 5.93. The molecule has 8 heteroatoms. The highest BCUT2D eigenvalue weighted by Crippen LogP contribution is 2.34. The van der Waals surface area contributed by atoms with Crippen molar-refractivity contribution in [2.75, 3.05) is 5.32 Å². The molecule has 7 nitrogen and oxygen atoms in total. The highest BCUT2D eigenvalue weighted by molar-refractivity contribution is 8.00. The molecule has 2 aromatic carbocycles. The predicted molar refractivity (Wildman–Crippen MR) is 126 cm³/mol. The van der Waals surface area contributed by atoms with Crippen molar-refractivity contribution in [2.45, 2.75) is 55.4 Å². The molecule has 0 radical (unpaired) electrons. The van der Waals surface area contributed by atoms with E-state index in [2.05, 4.69) is 5.32 Å². The largest absolute Gasteiger partial charge is 0.366 e. The number of primary amides is 1. The number of nitrogens with one attached hydrogen (secondary N) is 1. The molecule has 0 bridgehead atoms. The Morgan fingerprint density at radius 1 is 1.06 bits per heavy atom. The molecule has 3 aromatic rings. The lowest BCUT2D eigenvalue weighted by atomic mass is 9.88. The molecule has 3 N–H and O–H groups in total. The highest BCUT2D eigenvalue weighted by atomic mass is 32.2. The smallest absolute Gasteiger partial charge is 0.248 e. The number of benzene rings is 2. The number of carbonyl (C=O) groups is 2. The van der Waals surface area contributed by atoms with Crippen LogP contribution in [0.15, 0.2) is 59.8 Å². The van der Waals surface area contributed by atoms with Gasteiger partial charge in [0, 0.05) is 17.2 Å². The van der Waals surface area contributed by atoms with Gasteiger partial charge in [0.25, 0.3) is 0 Å². The molecule has 4 rings (SSSR count). The molecule has 0 saturated heterocycles. The van der Waals surface area contributed by atoms with E-state index in [4.69, 9.17) is 15.8 Å². The molecule has 1 aromatic heterocycles. The van der Waals surface area contributed by atoms with E-state index in [0.717, 1.165) is 24.4 Å². The summed E-state index contributed by atoms with van der Waals surface area (Å²) in [5, 5.41) is 7.83. The van der Waals surface area contributed by atoms with Crippen LogP contribution in [0.4, 0.5) is 5.69 Å². The van der Waals surface area contributed by atoms with Gasteiger partial charge < -0.3 is 11.1 Å². The van der Waals surface area contributed by atoms with Gasteiger partial charge >= 0.3 is 0 Å². The third-order valence-corrected chi connectivity index (χ3v) is 6.62. The molecule has 1 aliphatic carbocycles. The Hall–Kier alpha value is -3.13. The number of thioether (sulfide) groups is 1. The zero-order valence-electron chi connectivity index (χ0n) is 18.0. The molecule has 1 saturated carbocycles. The number of rotatable bonds is 7. The van der Waals surface area contributed by atoms with Crippen molar-refractivity contribution in [2.24, 2.45) is 5.73 Å². The van der Waals surface area contributed by atoms with Crippen molar-refractivity contribution in [1.29, 1.82) is 0 Å². The number of hydrogen-bond donors (Lipinski definition) is 2. The second kappa shape index (κ2) is 9.99. The van der Waals surface area contributed by atoms with Crippen LogP contribution in [-0.2, 0) is 4.79 Å². The molecule has 0 aliphatic heterocycles. The SMILES string of the molecule is CC(Sc1nc(C2CCCCC2)n(-c2ccccc2)n1)C(=O)Nc1ccc(C(N)=O)cc1. The van der Waals surface area contributed by atoms with Crippen molar-refractivity contribution >= 4 is 29.3 Å². The molecule has 1 fully saturated rings. The van der Waals surface area contributed by atoms with Crippen molar-refractivity contribution < 1.29 is 9.59 Å². The Morgan fingerprint density at radius 3 is 2.41 bits per heavy atom. The minimum atomic E-state index is -0.499. The maximum absolute atomic E-state index is 12.7. The van der Waals surface area contributed by atoms with E-state index in [1.807, 2.05) is 41.9 Å². The summed E-state index contributed by atoms with van der Waals surface area (Å²) in [6, 6.07) is 16.5. The Bertz CT molecular complexity index is 1080. The number of amides is 2. The molecule has 32 heavy (non-hydrogen) atoms. The van der Waals surface area contributed by atoms with E-state index in [1.165, 1.54) is 31.0 Å². The van der Waals surface area contributed by atoms with Gasteiger partial charge in [-0.1, -0.05) is 49.2 Å². The normalized spacial score (nSPS) is 15.3. The Kier molecular flexibility index (Phi) is 6.90. The lowest BCUT2D eigenvalue weighted by Crippen LogP contribution is -2.22. The zero-order chi connectivity index (χ0) is 22.5. The minimum Gasteiger partial charge on any atom is -0.366 e. The van der Waals surface area contributed by atoms with E-state index in [9.17, 15) is 9.59 Å². The van der Waals surface area contributed by atoms with Crippen LogP contribution in [0, 0.1) is 0 Å². The number of para-hydroxylation sites is 1. The maximum atomic E-state index is 12.7. The van der Waals surface area contributed by atoms with Crippen LogP contribution in [0.3, 0.4) is 0 Å². The summed E-state index contributed by atoms with van der Waals surface area (Å²) in [4.78, 5) is 28.8. The third-order valence-electron chi connectivity index (χ3n) is 5.67. The van der Waals surface area contributed by atoms with Gasteiger partial charge in [0.15, 0.2) is 0 Å². The lowest BCUT2D eigenvalue weighted by Gasteiger charge is -2.21. The van der Waals surface area contributed by atoms with Gasteiger partial charge in [-0.05, 0) is 56.2 Å². The lowest BCUT2D eigenvalue weighted by molar-refractivity contribution is -0.115. The quantitative estimate of drug-likeness (QED) is 0.516. The fourth-order valence-corrected chi connectivity index (χ4v) is 4.67. The topological polar surface area (TPSA) is 103 Å². The van der Waals surface area contributed by atoms with Gasteiger partial charge in [-0.3, -0.25) is 9.59 Å². The summed E-state index contributed by atoms with van der Waals surface area (Å²) in [5.41, 5.74) is 7.26. The molecule has 166 valence electrons. The van der Waals surface area contributed by atoms with Gasteiger partial charge in [0.05, 0.1) is 10.9 Å². The molecular weight excluding hydrogens is 422 g/mol. The van der Waals surface area contributed by atoms with E-state index < -0.39 is 11.2 Å². The number of nitrogens with zero attached hydrogens (tertiary/aromatic N) is 3. The summed E-state index contributed by atoms with van der Waals surface area (Å²) in [5.74, 6) is 0.713. The number of anilines is 1. The molecule has 2 amide bonds. The van der Waals surface area contributed by atoms with Crippen LogP contribution in [-0.4, -0.2) is 31.8 Å². The van der Waals surface area contributed by atoms with Gasteiger partial charge in [-0.2, -0.15) is 0 Å². The van der Waals surface area contributed by atoms with Crippen LogP contribution in [0.2, 0.25) is 0 Å². The van der Waals surface area contributed by atoms with E-state index in [1.54, 1.807) is 24.3 Å². The van der Waals surface area contributed by atoms with E-state index in [-0.39, 0.29) is 5.91 Å². The first-order valence-corrected chi connectivity index (χ1v) is 11.8. The van der Waals surface area contributed by atoms with Crippen molar-refractivity contribution in [3.8, 4) is 5.69 Å². The second-order valence-corrected chi connectivity index (χ2v) is 9.33. The monoisotopic (exact) mass is 449 g/mol. The average molecular weight is 450 g/mol. The maximum Gasteiger partial charge on any atom is 0.248 e. The van der Waals surface area contributed by atoms with Crippen molar-refractivity contribution in [3.05, 3.63) is 66.0 Å². The molecule has 1 aliphatic rings. The van der Waals surface area contributed by atoms with E-state index >= 15 is 0 Å². The van der Waals surface area contributed by atoms with Crippen LogP contribution in [0.5, 0.6) is 0 Å². The third kappa shape index (κ3) is 5.19. The standard InChI is InChI=1S/C24H27N5O2S/c1-16(23(31)26-19-14-12-17(13-15-19)21(25)30)32-24-27-22(18-8-4-2-5-9-18)29(28-24)20-10-6-3-7-11-20/h3,6-7,10-16,18H,2,4-5,8-9H2,1H3,(H2,25,30)(H,26,31). The Labute approximate surface area is 191 Å². The summed E-state index contributed by atoms with van der Waals surface area (Å²) in [6.45, 7) is 1.83. The van der Waals surface area contributed by atoms with Crippen molar-refractivity contribution in [3.63, 3.8) is 0 Å². The highest BCUT2D eigenvalue weighted by Gasteiger charge is 2.25. The number of aromatic nitrogens is 3. The molecule has 1 heterocycles. The van der Waals surface area contributed by atoms with Gasteiger partial charge in [-0.25, -0.2) is 9.67 Å². The van der Waals surface area contributed by atoms with Gasteiger partial charge in [0.1, 0.15) is 5.82 Å². The van der Waals surface area contributed by atoms with Crippen molar-refractivity contribution in [1.82, 2.24) is 14.8 Å². The molecule has 1 atom stereocenters. The second-order valence-electron chi connectivity index (χ2n) is 8.03. The van der Waals surface area contributed by atoms with Crippen LogP contribution in [0.25, 0.3) is 5.69 Å². The van der Waals surface area contributed by atoms with Crippen LogP contribution >= 0.6 is 11.8 Å². The molecular formula is C24H27N5O2S. The molecule has 0 spiro atoms. The number of carbonyl (C=O) groups excluding carboxylic acids is 2. The summed E-state index contributed by atoms with van der Waals surface area (Å²) in [7, 11) is 0. The van der Waals surface area contributed by atoms with Gasteiger partial charge in [0.2, 0.25) is 17.0 Å². The van der Waals surface area contributed by atoms with Crippen LogP contribution in [0.1, 0.15) is 61.1 Å². The summed E-state index contributed by atoms with van der Waals surface area (Å²) >= 11 is 1.34. The average Bonchev–Trinajstić information content (AvgIpc) is 3.24. The fourth-order valence-electron chi connectivity index (χ4n) is 3.91. The first kappa shape index (κ1) is 22.1. The van der Waals surface area contributed by atoms with E-state index in [0.29, 0.717) is 22.3 Å².